The van der Waals surface area contributed by atoms with Crippen molar-refractivity contribution in [2.75, 3.05) is 0 Å². The highest BCUT2D eigenvalue weighted by Crippen LogP contribution is 2.20. The van der Waals surface area contributed by atoms with Gasteiger partial charge in [-0.1, -0.05) is 62.4 Å². The minimum atomic E-state index is 0.0724. The fourth-order valence-corrected chi connectivity index (χ4v) is 2.62. The quantitative estimate of drug-likeness (QED) is 0.851. The molecule has 0 saturated carbocycles. The zero-order chi connectivity index (χ0) is 14.5. The predicted molar refractivity (Wildman–Crippen MR) is 86.8 cm³/mol. The molecule has 0 aliphatic heterocycles. The second-order valence-electron chi connectivity index (χ2n) is 6.08. The summed E-state index contributed by atoms with van der Waals surface area (Å²) in [5.74, 6) is 0.679. The Kier molecular flexibility index (Phi) is 4.97. The van der Waals surface area contributed by atoms with Gasteiger partial charge >= 0.3 is 0 Å². The Morgan fingerprint density at radius 1 is 0.950 bits per heavy atom. The summed E-state index contributed by atoms with van der Waals surface area (Å²) in [6, 6.07) is 17.3. The Balaban J connectivity index is 2.13. The zero-order valence-electron chi connectivity index (χ0n) is 12.8. The maximum Gasteiger partial charge on any atom is 0.0335 e. The number of hydrogen-bond donors (Lipinski definition) is 1. The van der Waals surface area contributed by atoms with Crippen molar-refractivity contribution in [2.24, 2.45) is 11.7 Å². The van der Waals surface area contributed by atoms with E-state index in [2.05, 4.69) is 69.3 Å². The molecular weight excluding hydrogens is 242 g/mol. The van der Waals surface area contributed by atoms with E-state index in [1.165, 1.54) is 22.3 Å². The highest BCUT2D eigenvalue weighted by molar-refractivity contribution is 5.31. The molecule has 2 rings (SSSR count). The van der Waals surface area contributed by atoms with Crippen molar-refractivity contribution < 1.29 is 0 Å². The van der Waals surface area contributed by atoms with Gasteiger partial charge in [-0.05, 0) is 47.9 Å². The number of aryl methyl sites for hydroxylation is 1. The number of nitrogens with two attached hydrogens (primary N) is 1. The van der Waals surface area contributed by atoms with Crippen LogP contribution >= 0.6 is 0 Å². The van der Waals surface area contributed by atoms with E-state index in [9.17, 15) is 0 Å². The first-order valence-corrected chi connectivity index (χ1v) is 7.45. The van der Waals surface area contributed by atoms with Crippen LogP contribution in [0.5, 0.6) is 0 Å². The first kappa shape index (κ1) is 14.8. The van der Waals surface area contributed by atoms with Crippen LogP contribution in [0.25, 0.3) is 0 Å². The van der Waals surface area contributed by atoms with Crippen LogP contribution in [0, 0.1) is 12.8 Å². The lowest BCUT2D eigenvalue weighted by Crippen LogP contribution is -2.14. The molecule has 0 bridgehead atoms. The topological polar surface area (TPSA) is 26.0 Å². The summed E-state index contributed by atoms with van der Waals surface area (Å²) in [5.41, 5.74) is 11.7. The lowest BCUT2D eigenvalue weighted by Gasteiger charge is -2.15. The van der Waals surface area contributed by atoms with Gasteiger partial charge in [0.2, 0.25) is 0 Å². The molecule has 0 heterocycles. The third-order valence-corrected chi connectivity index (χ3v) is 3.72. The van der Waals surface area contributed by atoms with Crippen LogP contribution in [0.1, 0.15) is 42.1 Å². The van der Waals surface area contributed by atoms with Gasteiger partial charge in [0.15, 0.2) is 0 Å². The van der Waals surface area contributed by atoms with Crippen LogP contribution in [0.3, 0.4) is 0 Å². The average Bonchev–Trinajstić information content (AvgIpc) is 2.41. The molecule has 0 fully saturated rings. The van der Waals surface area contributed by atoms with Gasteiger partial charge in [-0.25, -0.2) is 0 Å². The van der Waals surface area contributed by atoms with Gasteiger partial charge < -0.3 is 5.73 Å². The third kappa shape index (κ3) is 3.94. The zero-order valence-corrected chi connectivity index (χ0v) is 12.8. The highest BCUT2D eigenvalue weighted by atomic mass is 14.6. The molecule has 106 valence electrons. The molecule has 0 saturated heterocycles. The average molecular weight is 267 g/mol. The molecule has 0 aliphatic carbocycles. The molecule has 2 aromatic rings. The van der Waals surface area contributed by atoms with Gasteiger partial charge in [0.1, 0.15) is 0 Å². The highest BCUT2D eigenvalue weighted by Gasteiger charge is 2.09. The molecule has 0 radical (unpaired) electrons. The normalized spacial score (nSPS) is 12.7. The van der Waals surface area contributed by atoms with E-state index < -0.39 is 0 Å². The first-order chi connectivity index (χ1) is 9.56. The molecule has 2 N–H and O–H groups in total. The molecule has 1 nitrogen and oxygen atoms in total. The van der Waals surface area contributed by atoms with Crippen LogP contribution < -0.4 is 5.73 Å². The lowest BCUT2D eigenvalue weighted by molar-refractivity contribution is 0.644. The van der Waals surface area contributed by atoms with Gasteiger partial charge in [0, 0.05) is 6.04 Å². The smallest absolute Gasteiger partial charge is 0.0335 e. The molecule has 2 aromatic carbocycles. The molecule has 0 spiro atoms. The molecule has 0 aliphatic rings. The maximum absolute atomic E-state index is 6.40. The third-order valence-electron chi connectivity index (χ3n) is 3.72. The van der Waals surface area contributed by atoms with Crippen LogP contribution in [-0.4, -0.2) is 0 Å². The van der Waals surface area contributed by atoms with Gasteiger partial charge in [0.25, 0.3) is 0 Å². The van der Waals surface area contributed by atoms with Gasteiger partial charge in [0.05, 0.1) is 0 Å². The largest absolute Gasteiger partial charge is 0.324 e. The lowest BCUT2D eigenvalue weighted by atomic mass is 9.94. The van der Waals surface area contributed by atoms with Crippen molar-refractivity contribution >= 4 is 0 Å². The van der Waals surface area contributed by atoms with Crippen LogP contribution in [0.2, 0.25) is 0 Å². The second kappa shape index (κ2) is 6.71. The van der Waals surface area contributed by atoms with Crippen LogP contribution in [-0.2, 0) is 12.8 Å². The molecule has 0 aromatic heterocycles. The standard InChI is InChI=1S/C19H25N/c1-14(2)11-16-8-6-10-18(12-16)19(20)13-17-9-5-4-7-15(17)3/h4-10,12,14,19H,11,13,20H2,1-3H3. The van der Waals surface area contributed by atoms with Crippen molar-refractivity contribution in [1.29, 1.82) is 0 Å². The maximum atomic E-state index is 6.40. The van der Waals surface area contributed by atoms with Gasteiger partial charge in [-0.2, -0.15) is 0 Å². The van der Waals surface area contributed by atoms with Crippen molar-refractivity contribution in [3.05, 3.63) is 70.8 Å². The van der Waals surface area contributed by atoms with Gasteiger partial charge in [-0.15, -0.1) is 0 Å². The van der Waals surface area contributed by atoms with Crippen molar-refractivity contribution in [3.63, 3.8) is 0 Å². The fourth-order valence-electron chi connectivity index (χ4n) is 2.62. The number of benzene rings is 2. The minimum absolute atomic E-state index is 0.0724. The Morgan fingerprint density at radius 2 is 1.70 bits per heavy atom. The van der Waals surface area contributed by atoms with E-state index in [-0.39, 0.29) is 6.04 Å². The first-order valence-electron chi connectivity index (χ1n) is 7.45. The summed E-state index contributed by atoms with van der Waals surface area (Å²) in [7, 11) is 0. The van der Waals surface area contributed by atoms with Crippen LogP contribution in [0.4, 0.5) is 0 Å². The Hall–Kier alpha value is -1.60. The van der Waals surface area contributed by atoms with Gasteiger partial charge in [-0.3, -0.25) is 0 Å². The summed E-state index contributed by atoms with van der Waals surface area (Å²) in [6.07, 6.45) is 2.02. The second-order valence-corrected chi connectivity index (χ2v) is 6.08. The minimum Gasteiger partial charge on any atom is -0.324 e. The molecule has 20 heavy (non-hydrogen) atoms. The van der Waals surface area contributed by atoms with Crippen molar-refractivity contribution in [1.82, 2.24) is 0 Å². The molecule has 1 unspecified atom stereocenters. The van der Waals surface area contributed by atoms with E-state index in [4.69, 9.17) is 5.73 Å². The van der Waals surface area contributed by atoms with Crippen molar-refractivity contribution in [2.45, 2.75) is 39.7 Å². The van der Waals surface area contributed by atoms with Crippen LogP contribution in [0.15, 0.2) is 48.5 Å². The Morgan fingerprint density at radius 3 is 2.40 bits per heavy atom. The summed E-state index contributed by atoms with van der Waals surface area (Å²) in [6.45, 7) is 6.65. The number of hydrogen-bond acceptors (Lipinski definition) is 1. The monoisotopic (exact) mass is 267 g/mol. The van der Waals surface area contributed by atoms with E-state index in [0.29, 0.717) is 5.92 Å². The van der Waals surface area contributed by atoms with E-state index in [1.54, 1.807) is 0 Å². The summed E-state index contributed by atoms with van der Waals surface area (Å²) in [4.78, 5) is 0. The summed E-state index contributed by atoms with van der Waals surface area (Å²) in [5, 5.41) is 0. The van der Waals surface area contributed by atoms with E-state index >= 15 is 0 Å². The van der Waals surface area contributed by atoms with E-state index in [0.717, 1.165) is 12.8 Å². The fraction of sp³-hybridized carbons (Fsp3) is 0.368. The van der Waals surface area contributed by atoms with E-state index in [1.807, 2.05) is 0 Å². The molecular formula is C19H25N. The van der Waals surface area contributed by atoms with Crippen molar-refractivity contribution in [3.8, 4) is 0 Å². The summed E-state index contributed by atoms with van der Waals surface area (Å²) < 4.78 is 0. The Labute approximate surface area is 122 Å². The molecule has 0 amide bonds. The predicted octanol–water partition coefficient (Wildman–Crippen LogP) is 4.44. The summed E-state index contributed by atoms with van der Waals surface area (Å²) >= 11 is 0. The SMILES string of the molecule is Cc1ccccc1CC(N)c1cccc(CC(C)C)c1. The molecule has 1 atom stereocenters. The number of rotatable bonds is 5. The Bertz CT molecular complexity index is 557. The molecule has 1 heteroatoms.